The van der Waals surface area contributed by atoms with E-state index in [9.17, 15) is 0 Å². The predicted molar refractivity (Wildman–Crippen MR) is 203 cm³/mol. The van der Waals surface area contributed by atoms with Gasteiger partial charge in [0, 0.05) is 17.1 Å². The Hall–Kier alpha value is -5.14. The molecule has 7 aromatic rings. The molecule has 0 saturated carbocycles. The van der Waals surface area contributed by atoms with Gasteiger partial charge >= 0.3 is 0 Å². The number of hydrogen-bond donors (Lipinski definition) is 0. The molecule has 0 atom stereocenters. The van der Waals surface area contributed by atoms with Crippen molar-refractivity contribution in [3.63, 3.8) is 0 Å². The lowest BCUT2D eigenvalue weighted by molar-refractivity contribution is 0.590. The van der Waals surface area contributed by atoms with Crippen LogP contribution in [0, 0.1) is 0 Å². The number of rotatable bonds is 4. The molecule has 1 aliphatic carbocycles. The fourth-order valence-corrected chi connectivity index (χ4v) is 7.03. The lowest BCUT2D eigenvalue weighted by Gasteiger charge is -2.28. The summed E-state index contributed by atoms with van der Waals surface area (Å²) in [6.07, 6.45) is 0. The molecular formula is C46H41N. The zero-order chi connectivity index (χ0) is 32.5. The van der Waals surface area contributed by atoms with Crippen molar-refractivity contribution in [1.29, 1.82) is 0 Å². The van der Waals surface area contributed by atoms with Gasteiger partial charge in [-0.25, -0.2) is 0 Å². The van der Waals surface area contributed by atoms with Gasteiger partial charge in [-0.05, 0) is 144 Å². The molecule has 1 aliphatic rings. The Morgan fingerprint density at radius 3 is 1.32 bits per heavy atom. The largest absolute Gasteiger partial charge is 0.310 e. The highest BCUT2D eigenvalue weighted by atomic mass is 15.1. The molecule has 0 aliphatic heterocycles. The summed E-state index contributed by atoms with van der Waals surface area (Å²) in [4.78, 5) is 2.36. The van der Waals surface area contributed by atoms with E-state index in [4.69, 9.17) is 0 Å². The van der Waals surface area contributed by atoms with Gasteiger partial charge in [-0.15, -0.1) is 0 Å². The Bertz CT molecular complexity index is 2280. The summed E-state index contributed by atoms with van der Waals surface area (Å²) in [5, 5.41) is 5.10. The lowest BCUT2D eigenvalue weighted by Crippen LogP contribution is -2.13. The predicted octanol–water partition coefficient (Wildman–Crippen LogP) is 13.4. The van der Waals surface area contributed by atoms with Crippen LogP contribution in [-0.4, -0.2) is 0 Å². The zero-order valence-corrected chi connectivity index (χ0v) is 28.2. The molecule has 0 spiro atoms. The van der Waals surface area contributed by atoms with Crippen molar-refractivity contribution in [1.82, 2.24) is 0 Å². The number of fused-ring (bicyclic) bond motifs is 6. The van der Waals surface area contributed by atoms with Crippen LogP contribution >= 0.6 is 0 Å². The van der Waals surface area contributed by atoms with Crippen LogP contribution < -0.4 is 4.90 Å². The molecule has 0 bridgehead atoms. The molecule has 0 unspecified atom stereocenters. The fourth-order valence-electron chi connectivity index (χ4n) is 7.03. The van der Waals surface area contributed by atoms with E-state index in [1.165, 1.54) is 66.1 Å². The van der Waals surface area contributed by atoms with Gasteiger partial charge in [0.1, 0.15) is 0 Å². The number of para-hydroxylation sites is 1. The van der Waals surface area contributed by atoms with Crippen molar-refractivity contribution < 1.29 is 0 Å². The first-order valence-electron chi connectivity index (χ1n) is 16.8. The topological polar surface area (TPSA) is 3.24 Å². The number of benzene rings is 7. The normalized spacial score (nSPS) is 12.5. The minimum atomic E-state index is 0.114. The molecule has 230 valence electrons. The fraction of sp³-hybridized carbons (Fsp3) is 0.174. The van der Waals surface area contributed by atoms with E-state index in [0.717, 1.165) is 17.1 Å². The minimum Gasteiger partial charge on any atom is -0.310 e. The van der Waals surface area contributed by atoms with Crippen LogP contribution in [0.1, 0.15) is 52.7 Å². The smallest absolute Gasteiger partial charge is 0.0468 e. The van der Waals surface area contributed by atoms with Crippen LogP contribution in [0.3, 0.4) is 0 Å². The standard InChI is InChI=1S/C46H41N/c1-45(2,3)36-17-14-30(15-18-36)31-12-13-32-26-41-43(28-34(32)24-31)42-27-33-16-21-40(25-35(33)29-44(41)42)47(38-10-8-7-9-11-38)39-22-19-37(20-23-39)46(4,5)6/h7-29H,1-6H3. The highest BCUT2D eigenvalue weighted by Crippen LogP contribution is 2.51. The minimum absolute atomic E-state index is 0.114. The van der Waals surface area contributed by atoms with E-state index >= 15 is 0 Å². The number of nitrogens with zero attached hydrogens (tertiary/aromatic N) is 1. The maximum Gasteiger partial charge on any atom is 0.0468 e. The third-order valence-corrected chi connectivity index (χ3v) is 9.87. The van der Waals surface area contributed by atoms with Gasteiger partial charge in [-0.1, -0.05) is 114 Å². The number of anilines is 3. The molecule has 8 rings (SSSR count). The molecule has 0 heterocycles. The maximum atomic E-state index is 2.39. The van der Waals surface area contributed by atoms with E-state index in [-0.39, 0.29) is 10.8 Å². The van der Waals surface area contributed by atoms with Crippen LogP contribution in [0.15, 0.2) is 140 Å². The first-order valence-corrected chi connectivity index (χ1v) is 16.8. The molecule has 47 heavy (non-hydrogen) atoms. The summed E-state index contributed by atoms with van der Waals surface area (Å²) >= 11 is 0. The Balaban J connectivity index is 1.15. The Kier molecular flexibility index (Phi) is 6.67. The third kappa shape index (κ3) is 5.21. The summed E-state index contributed by atoms with van der Waals surface area (Å²) in [6, 6.07) is 52.1. The number of hydrogen-bond acceptors (Lipinski definition) is 1. The van der Waals surface area contributed by atoms with E-state index in [1.807, 2.05) is 0 Å². The van der Waals surface area contributed by atoms with Gasteiger partial charge in [0.25, 0.3) is 0 Å². The third-order valence-electron chi connectivity index (χ3n) is 9.87. The summed E-state index contributed by atoms with van der Waals surface area (Å²) in [5.74, 6) is 0. The summed E-state index contributed by atoms with van der Waals surface area (Å²) in [7, 11) is 0. The van der Waals surface area contributed by atoms with E-state index < -0.39 is 0 Å². The second-order valence-electron chi connectivity index (χ2n) is 15.2. The average molecular weight is 608 g/mol. The van der Waals surface area contributed by atoms with E-state index in [0.29, 0.717) is 0 Å². The molecule has 0 aromatic heterocycles. The Morgan fingerprint density at radius 2 is 0.766 bits per heavy atom. The molecule has 0 amide bonds. The summed E-state index contributed by atoms with van der Waals surface area (Å²) in [6.45, 7) is 13.6. The highest BCUT2D eigenvalue weighted by molar-refractivity contribution is 6.12. The van der Waals surface area contributed by atoms with Crippen LogP contribution in [0.25, 0.3) is 54.9 Å². The Labute approximate surface area is 279 Å². The molecule has 0 saturated heterocycles. The van der Waals surface area contributed by atoms with Gasteiger partial charge in [0.05, 0.1) is 0 Å². The second-order valence-corrected chi connectivity index (χ2v) is 15.2. The van der Waals surface area contributed by atoms with Gasteiger partial charge < -0.3 is 4.90 Å². The van der Waals surface area contributed by atoms with Crippen molar-refractivity contribution >= 4 is 38.6 Å². The average Bonchev–Trinajstić information content (AvgIpc) is 3.06. The first-order chi connectivity index (χ1) is 22.5. The summed E-state index contributed by atoms with van der Waals surface area (Å²) < 4.78 is 0. The molecule has 1 heteroatoms. The van der Waals surface area contributed by atoms with Crippen molar-refractivity contribution in [3.05, 3.63) is 151 Å². The van der Waals surface area contributed by atoms with Gasteiger partial charge in [-0.3, -0.25) is 0 Å². The lowest BCUT2D eigenvalue weighted by atomic mass is 9.77. The van der Waals surface area contributed by atoms with Crippen LogP contribution in [0.5, 0.6) is 0 Å². The first kappa shape index (κ1) is 29.3. The van der Waals surface area contributed by atoms with Crippen molar-refractivity contribution in [3.8, 4) is 33.4 Å². The van der Waals surface area contributed by atoms with Crippen molar-refractivity contribution in [2.24, 2.45) is 0 Å². The van der Waals surface area contributed by atoms with Crippen LogP contribution in [0.2, 0.25) is 0 Å². The van der Waals surface area contributed by atoms with E-state index in [2.05, 4.69) is 186 Å². The quantitative estimate of drug-likeness (QED) is 0.192. The molecular weight excluding hydrogens is 567 g/mol. The highest BCUT2D eigenvalue weighted by Gasteiger charge is 2.24. The Morgan fingerprint density at radius 1 is 0.340 bits per heavy atom. The molecule has 0 N–H and O–H groups in total. The van der Waals surface area contributed by atoms with Crippen LogP contribution in [0.4, 0.5) is 17.1 Å². The second kappa shape index (κ2) is 10.7. The van der Waals surface area contributed by atoms with Crippen LogP contribution in [-0.2, 0) is 10.8 Å². The molecule has 1 nitrogen and oxygen atoms in total. The molecule has 7 aromatic carbocycles. The van der Waals surface area contributed by atoms with Gasteiger partial charge in [-0.2, -0.15) is 0 Å². The molecule has 0 radical (unpaired) electrons. The SMILES string of the molecule is CC(C)(C)c1ccc(-c2ccc3cc4c(cc3c2)-c2cc3ccc(N(c5ccccc5)c5ccc(C(C)(C)C)cc5)cc3cc2-4)cc1. The summed E-state index contributed by atoms with van der Waals surface area (Å²) in [5.41, 5.74) is 14.4. The van der Waals surface area contributed by atoms with Crippen molar-refractivity contribution in [2.75, 3.05) is 4.90 Å². The van der Waals surface area contributed by atoms with Crippen molar-refractivity contribution in [2.45, 2.75) is 52.4 Å². The van der Waals surface area contributed by atoms with Gasteiger partial charge in [0.15, 0.2) is 0 Å². The zero-order valence-electron chi connectivity index (χ0n) is 28.2. The monoisotopic (exact) mass is 607 g/mol. The van der Waals surface area contributed by atoms with E-state index in [1.54, 1.807) is 0 Å². The maximum absolute atomic E-state index is 2.39. The molecule has 0 fully saturated rings. The van der Waals surface area contributed by atoms with Gasteiger partial charge in [0.2, 0.25) is 0 Å².